The minimum absolute atomic E-state index is 0.181. The lowest BCUT2D eigenvalue weighted by Gasteiger charge is -2.09. The second-order valence-electron chi connectivity index (χ2n) is 5.13. The molecule has 7 nitrogen and oxygen atoms in total. The van der Waals surface area contributed by atoms with E-state index in [1.165, 1.54) is 0 Å². The summed E-state index contributed by atoms with van der Waals surface area (Å²) in [6.07, 6.45) is 3.38. The van der Waals surface area contributed by atoms with Crippen LogP contribution in [-0.2, 0) is 11.2 Å². The zero-order chi connectivity index (χ0) is 17.4. The van der Waals surface area contributed by atoms with E-state index in [1.54, 1.807) is 48.8 Å². The van der Waals surface area contributed by atoms with Crippen molar-refractivity contribution in [1.29, 1.82) is 0 Å². The molecule has 0 fully saturated rings. The van der Waals surface area contributed by atoms with Crippen molar-refractivity contribution in [2.75, 3.05) is 13.2 Å². The number of carboxylic acid groups (broad SMARTS) is 1. The van der Waals surface area contributed by atoms with Gasteiger partial charge in [0.1, 0.15) is 18.4 Å². The molecule has 2 aromatic rings. The van der Waals surface area contributed by atoms with E-state index >= 15 is 0 Å². The van der Waals surface area contributed by atoms with Gasteiger partial charge in [0.05, 0.1) is 6.54 Å². The number of nitrogens with zero attached hydrogens (tertiary/aromatic N) is 1. The van der Waals surface area contributed by atoms with Crippen LogP contribution in [0.4, 0.5) is 0 Å². The summed E-state index contributed by atoms with van der Waals surface area (Å²) in [5.74, 6) is -0.569. The number of rotatable bonds is 8. The van der Waals surface area contributed by atoms with Crippen molar-refractivity contribution in [3.63, 3.8) is 0 Å². The summed E-state index contributed by atoms with van der Waals surface area (Å²) in [5.41, 5.74) is 6.85. The average molecular weight is 329 g/mol. The summed E-state index contributed by atoms with van der Waals surface area (Å²) in [6, 6.07) is 9.39. The van der Waals surface area contributed by atoms with E-state index in [9.17, 15) is 9.59 Å². The Morgan fingerprint density at radius 2 is 1.83 bits per heavy atom. The first kappa shape index (κ1) is 17.4. The van der Waals surface area contributed by atoms with Crippen molar-refractivity contribution in [2.45, 2.75) is 12.5 Å². The lowest BCUT2D eigenvalue weighted by Crippen LogP contribution is -2.32. The van der Waals surface area contributed by atoms with Crippen molar-refractivity contribution < 1.29 is 19.4 Å². The Labute approximate surface area is 139 Å². The van der Waals surface area contributed by atoms with Crippen molar-refractivity contribution in [2.24, 2.45) is 5.73 Å². The number of amides is 1. The van der Waals surface area contributed by atoms with Crippen molar-refractivity contribution in [3.8, 4) is 5.75 Å². The monoisotopic (exact) mass is 329 g/mol. The summed E-state index contributed by atoms with van der Waals surface area (Å²) in [4.78, 5) is 26.4. The summed E-state index contributed by atoms with van der Waals surface area (Å²) >= 11 is 0. The lowest BCUT2D eigenvalue weighted by molar-refractivity contribution is -0.138. The van der Waals surface area contributed by atoms with Crippen LogP contribution in [0, 0.1) is 0 Å². The fourth-order valence-electron chi connectivity index (χ4n) is 2.00. The SMILES string of the molecule is N[C@@H](Cc1ccc(OCCNC(=O)c2ccncc2)cc1)C(=O)O. The Kier molecular flexibility index (Phi) is 6.27. The maximum Gasteiger partial charge on any atom is 0.320 e. The van der Waals surface area contributed by atoms with Gasteiger partial charge in [0.15, 0.2) is 0 Å². The third-order valence-corrected chi connectivity index (χ3v) is 3.30. The molecule has 7 heteroatoms. The molecule has 0 saturated carbocycles. The number of carbonyl (C=O) groups is 2. The van der Waals surface area contributed by atoms with Crippen LogP contribution in [0.5, 0.6) is 5.75 Å². The van der Waals surface area contributed by atoms with Gasteiger partial charge in [-0.1, -0.05) is 12.1 Å². The number of carbonyl (C=O) groups excluding carboxylic acids is 1. The number of ether oxygens (including phenoxy) is 1. The van der Waals surface area contributed by atoms with E-state index in [1.807, 2.05) is 0 Å². The fourth-order valence-corrected chi connectivity index (χ4v) is 2.00. The zero-order valence-electron chi connectivity index (χ0n) is 13.0. The first-order valence-corrected chi connectivity index (χ1v) is 7.44. The fraction of sp³-hybridized carbons (Fsp3) is 0.235. The Balaban J connectivity index is 1.73. The molecule has 1 heterocycles. The molecule has 1 amide bonds. The molecule has 0 saturated heterocycles. The molecular weight excluding hydrogens is 310 g/mol. The number of aromatic nitrogens is 1. The van der Waals surface area contributed by atoms with E-state index in [0.717, 1.165) is 5.56 Å². The van der Waals surface area contributed by atoms with Crippen LogP contribution < -0.4 is 15.8 Å². The van der Waals surface area contributed by atoms with E-state index in [-0.39, 0.29) is 12.3 Å². The Morgan fingerprint density at radius 3 is 2.46 bits per heavy atom. The quantitative estimate of drug-likeness (QED) is 0.618. The predicted octanol–water partition coefficient (Wildman–Crippen LogP) is 0.845. The standard InChI is InChI=1S/C17H19N3O4/c18-15(17(22)23)11-12-1-3-14(4-2-12)24-10-9-20-16(21)13-5-7-19-8-6-13/h1-8,15H,9-11,18H2,(H,20,21)(H,22,23)/t15-/m0/s1. The highest BCUT2D eigenvalue weighted by atomic mass is 16.5. The molecule has 2 rings (SSSR count). The number of aliphatic carboxylic acids is 1. The minimum atomic E-state index is -1.03. The normalized spacial score (nSPS) is 11.5. The van der Waals surface area contributed by atoms with Gasteiger partial charge in [-0.25, -0.2) is 0 Å². The van der Waals surface area contributed by atoms with Gasteiger partial charge in [-0.2, -0.15) is 0 Å². The van der Waals surface area contributed by atoms with Gasteiger partial charge < -0.3 is 20.9 Å². The molecule has 0 aliphatic carbocycles. The summed E-state index contributed by atoms with van der Waals surface area (Å²) < 4.78 is 5.53. The Bertz CT molecular complexity index is 674. The molecule has 0 radical (unpaired) electrons. The number of hydrogen-bond acceptors (Lipinski definition) is 5. The molecule has 0 aliphatic heterocycles. The first-order valence-electron chi connectivity index (χ1n) is 7.44. The largest absolute Gasteiger partial charge is 0.492 e. The minimum Gasteiger partial charge on any atom is -0.492 e. The van der Waals surface area contributed by atoms with Crippen LogP contribution in [0.15, 0.2) is 48.8 Å². The van der Waals surface area contributed by atoms with Gasteiger partial charge in [-0.15, -0.1) is 0 Å². The molecule has 0 aliphatic rings. The van der Waals surface area contributed by atoms with Gasteiger partial charge >= 0.3 is 5.97 Å². The molecule has 1 aromatic heterocycles. The summed E-state index contributed by atoms with van der Waals surface area (Å²) in [5, 5.41) is 11.5. The predicted molar refractivity (Wildman–Crippen MR) is 87.8 cm³/mol. The number of nitrogens with two attached hydrogens (primary N) is 1. The number of benzene rings is 1. The lowest BCUT2D eigenvalue weighted by atomic mass is 10.1. The molecule has 1 atom stereocenters. The summed E-state index contributed by atoms with van der Waals surface area (Å²) in [6.45, 7) is 0.692. The molecule has 0 spiro atoms. The van der Waals surface area contributed by atoms with Gasteiger partial charge in [-0.05, 0) is 36.2 Å². The number of pyridine rings is 1. The van der Waals surface area contributed by atoms with Crippen molar-refractivity contribution >= 4 is 11.9 Å². The second-order valence-corrected chi connectivity index (χ2v) is 5.13. The van der Waals surface area contributed by atoms with Crippen LogP contribution in [0.25, 0.3) is 0 Å². The third-order valence-electron chi connectivity index (χ3n) is 3.30. The van der Waals surface area contributed by atoms with E-state index in [4.69, 9.17) is 15.6 Å². The first-order chi connectivity index (χ1) is 11.6. The van der Waals surface area contributed by atoms with E-state index < -0.39 is 12.0 Å². The van der Waals surface area contributed by atoms with Crippen LogP contribution >= 0.6 is 0 Å². The summed E-state index contributed by atoms with van der Waals surface area (Å²) in [7, 11) is 0. The van der Waals surface area contributed by atoms with Gasteiger partial charge in [-0.3, -0.25) is 14.6 Å². The van der Waals surface area contributed by atoms with Gasteiger partial charge in [0.25, 0.3) is 5.91 Å². The van der Waals surface area contributed by atoms with Crippen molar-refractivity contribution in [3.05, 3.63) is 59.9 Å². The molecule has 1 aromatic carbocycles. The average Bonchev–Trinajstić information content (AvgIpc) is 2.60. The molecule has 0 unspecified atom stereocenters. The highest BCUT2D eigenvalue weighted by Gasteiger charge is 2.11. The number of carboxylic acids is 1. The highest BCUT2D eigenvalue weighted by Crippen LogP contribution is 2.13. The number of hydrogen-bond donors (Lipinski definition) is 3. The van der Waals surface area contributed by atoms with Gasteiger partial charge in [0.2, 0.25) is 0 Å². The molecular formula is C17H19N3O4. The highest BCUT2D eigenvalue weighted by molar-refractivity contribution is 5.93. The Morgan fingerprint density at radius 1 is 1.17 bits per heavy atom. The van der Waals surface area contributed by atoms with Crippen molar-refractivity contribution in [1.82, 2.24) is 10.3 Å². The van der Waals surface area contributed by atoms with Crippen LogP contribution in [0.3, 0.4) is 0 Å². The molecule has 4 N–H and O–H groups in total. The van der Waals surface area contributed by atoms with E-state index in [2.05, 4.69) is 10.3 Å². The van der Waals surface area contributed by atoms with Crippen LogP contribution in [0.2, 0.25) is 0 Å². The topological polar surface area (TPSA) is 115 Å². The smallest absolute Gasteiger partial charge is 0.320 e. The number of nitrogens with one attached hydrogen (secondary N) is 1. The molecule has 24 heavy (non-hydrogen) atoms. The van der Waals surface area contributed by atoms with E-state index in [0.29, 0.717) is 24.5 Å². The molecule has 0 bridgehead atoms. The third kappa shape index (κ3) is 5.36. The maximum absolute atomic E-state index is 11.8. The van der Waals surface area contributed by atoms with Crippen LogP contribution in [0.1, 0.15) is 15.9 Å². The maximum atomic E-state index is 11.8. The second kappa shape index (κ2) is 8.64. The van der Waals surface area contributed by atoms with Gasteiger partial charge in [0, 0.05) is 18.0 Å². The van der Waals surface area contributed by atoms with Crippen LogP contribution in [-0.4, -0.2) is 41.2 Å². The Hall–Kier alpha value is -2.93. The molecule has 126 valence electrons. The zero-order valence-corrected chi connectivity index (χ0v) is 13.0.